The van der Waals surface area contributed by atoms with Crippen LogP contribution in [-0.2, 0) is 0 Å². The third-order valence-electron chi connectivity index (χ3n) is 4.07. The second kappa shape index (κ2) is 5.32. The highest BCUT2D eigenvalue weighted by atomic mass is 32.1. The number of benzene rings is 2. The quantitative estimate of drug-likeness (QED) is 0.536. The molecule has 3 nitrogen and oxygen atoms in total. The number of aromatic nitrogens is 2. The maximum atomic E-state index is 12.6. The fourth-order valence-corrected chi connectivity index (χ4v) is 3.80. The second-order valence-electron chi connectivity index (χ2n) is 5.94. The van der Waals surface area contributed by atoms with Gasteiger partial charge in [0.1, 0.15) is 0 Å². The van der Waals surface area contributed by atoms with Gasteiger partial charge in [-0.15, -0.1) is 0 Å². The maximum absolute atomic E-state index is 12.6. The molecule has 0 aliphatic rings. The van der Waals surface area contributed by atoms with E-state index in [0.717, 1.165) is 26.4 Å². The lowest BCUT2D eigenvalue weighted by molar-refractivity contribution is 0.867. The molecule has 4 aromatic rings. The Labute approximate surface area is 137 Å². The van der Waals surface area contributed by atoms with Gasteiger partial charge in [-0.2, -0.15) is 0 Å². The number of nitrogens with zero attached hydrogens (tertiary/aromatic N) is 2. The molecule has 0 spiro atoms. The van der Waals surface area contributed by atoms with E-state index in [1.807, 2.05) is 24.3 Å². The van der Waals surface area contributed by atoms with Gasteiger partial charge in [-0.25, -0.2) is 4.98 Å². The molecule has 0 radical (unpaired) electrons. The fraction of sp³-hybridized carbons (Fsp3) is 0.158. The molecule has 0 saturated heterocycles. The minimum Gasteiger partial charge on any atom is -0.269 e. The van der Waals surface area contributed by atoms with E-state index in [1.165, 1.54) is 5.56 Å². The Bertz CT molecular complexity index is 1060. The summed E-state index contributed by atoms with van der Waals surface area (Å²) in [6.45, 7) is 4.35. The zero-order valence-corrected chi connectivity index (χ0v) is 13.8. The van der Waals surface area contributed by atoms with Gasteiger partial charge in [0.25, 0.3) is 5.56 Å². The SMILES string of the molecule is CC(C)c1ccc(-c2cc(=O)n3c(nc4ccccc43)s2)cc1. The minimum atomic E-state index is -0.0320. The predicted octanol–water partition coefficient (Wildman–Crippen LogP) is 4.70. The largest absolute Gasteiger partial charge is 0.269 e. The summed E-state index contributed by atoms with van der Waals surface area (Å²) >= 11 is 1.55. The molecule has 0 saturated carbocycles. The summed E-state index contributed by atoms with van der Waals surface area (Å²) < 4.78 is 1.69. The summed E-state index contributed by atoms with van der Waals surface area (Å²) in [6.07, 6.45) is 0. The predicted molar refractivity (Wildman–Crippen MR) is 96.4 cm³/mol. The molecule has 2 aromatic carbocycles. The molecule has 4 heteroatoms. The van der Waals surface area contributed by atoms with E-state index in [-0.39, 0.29) is 5.56 Å². The lowest BCUT2D eigenvalue weighted by Gasteiger charge is -2.06. The average Bonchev–Trinajstić information content (AvgIpc) is 2.93. The molecule has 0 atom stereocenters. The molecule has 0 aliphatic carbocycles. The lowest BCUT2D eigenvalue weighted by Crippen LogP contribution is -2.09. The van der Waals surface area contributed by atoms with E-state index >= 15 is 0 Å². The first-order valence-corrected chi connectivity index (χ1v) is 8.47. The van der Waals surface area contributed by atoms with E-state index in [9.17, 15) is 4.79 Å². The number of hydrogen-bond donors (Lipinski definition) is 0. The van der Waals surface area contributed by atoms with Crippen molar-refractivity contribution in [2.75, 3.05) is 0 Å². The van der Waals surface area contributed by atoms with Crippen molar-refractivity contribution < 1.29 is 0 Å². The Hall–Kier alpha value is -2.46. The van der Waals surface area contributed by atoms with Crippen LogP contribution in [0.3, 0.4) is 0 Å². The van der Waals surface area contributed by atoms with Crippen molar-refractivity contribution in [3.8, 4) is 10.4 Å². The van der Waals surface area contributed by atoms with E-state index in [0.29, 0.717) is 5.92 Å². The van der Waals surface area contributed by atoms with Crippen molar-refractivity contribution in [2.45, 2.75) is 19.8 Å². The standard InChI is InChI=1S/C19H16N2OS/c1-12(2)13-7-9-14(10-8-13)17-11-18(22)21-16-6-4-3-5-15(16)20-19(21)23-17/h3-12H,1-2H3. The molecule has 0 N–H and O–H groups in total. The normalized spacial score (nSPS) is 11.6. The van der Waals surface area contributed by atoms with E-state index in [1.54, 1.807) is 21.8 Å². The highest BCUT2D eigenvalue weighted by molar-refractivity contribution is 7.20. The van der Waals surface area contributed by atoms with Crippen LogP contribution < -0.4 is 5.56 Å². The molecular formula is C19H16N2OS. The van der Waals surface area contributed by atoms with E-state index < -0.39 is 0 Å². The molecule has 0 amide bonds. The summed E-state index contributed by atoms with van der Waals surface area (Å²) in [6, 6.07) is 17.9. The minimum absolute atomic E-state index is 0.0320. The van der Waals surface area contributed by atoms with Gasteiger partial charge in [0, 0.05) is 10.9 Å². The van der Waals surface area contributed by atoms with E-state index in [4.69, 9.17) is 0 Å². The van der Waals surface area contributed by atoms with Gasteiger partial charge in [0.15, 0.2) is 4.96 Å². The summed E-state index contributed by atoms with van der Waals surface area (Å²) in [4.78, 5) is 18.8. The van der Waals surface area contributed by atoms with Gasteiger partial charge in [-0.05, 0) is 29.2 Å². The molecule has 23 heavy (non-hydrogen) atoms. The van der Waals surface area contributed by atoms with Gasteiger partial charge in [0.2, 0.25) is 0 Å². The van der Waals surface area contributed by atoms with Crippen LogP contribution in [0.2, 0.25) is 0 Å². The first-order valence-electron chi connectivity index (χ1n) is 7.65. The van der Waals surface area contributed by atoms with E-state index in [2.05, 4.69) is 43.1 Å². The van der Waals surface area contributed by atoms with Gasteiger partial charge in [0.05, 0.1) is 11.0 Å². The molecule has 0 bridgehead atoms. The molecule has 0 aliphatic heterocycles. The smallest absolute Gasteiger partial charge is 0.258 e. The van der Waals surface area contributed by atoms with Crippen LogP contribution in [0.4, 0.5) is 0 Å². The highest BCUT2D eigenvalue weighted by Gasteiger charge is 2.10. The molecule has 4 rings (SSSR count). The zero-order valence-electron chi connectivity index (χ0n) is 13.0. The van der Waals surface area contributed by atoms with Crippen LogP contribution in [0.5, 0.6) is 0 Å². The summed E-state index contributed by atoms with van der Waals surface area (Å²) in [7, 11) is 0. The van der Waals surface area contributed by atoms with Crippen LogP contribution in [0, 0.1) is 0 Å². The first-order chi connectivity index (χ1) is 11.1. The lowest BCUT2D eigenvalue weighted by atomic mass is 10.0. The number of para-hydroxylation sites is 2. The number of hydrogen-bond acceptors (Lipinski definition) is 3. The maximum Gasteiger partial charge on any atom is 0.258 e. The summed E-state index contributed by atoms with van der Waals surface area (Å²) in [5, 5.41) is 0. The third-order valence-corrected chi connectivity index (χ3v) is 5.10. The number of imidazole rings is 1. The molecule has 0 unspecified atom stereocenters. The zero-order chi connectivity index (χ0) is 16.0. The van der Waals surface area contributed by atoms with Crippen LogP contribution in [0.25, 0.3) is 26.4 Å². The van der Waals surface area contributed by atoms with Gasteiger partial charge < -0.3 is 0 Å². The molecule has 2 aromatic heterocycles. The van der Waals surface area contributed by atoms with Crippen molar-refractivity contribution >= 4 is 27.3 Å². The Balaban J connectivity index is 1.91. The Kier molecular flexibility index (Phi) is 3.27. The van der Waals surface area contributed by atoms with Gasteiger partial charge >= 0.3 is 0 Å². The molecule has 114 valence electrons. The Morgan fingerprint density at radius 3 is 2.52 bits per heavy atom. The van der Waals surface area contributed by atoms with Crippen LogP contribution in [0.1, 0.15) is 25.3 Å². The van der Waals surface area contributed by atoms with Crippen molar-refractivity contribution in [2.24, 2.45) is 0 Å². The van der Waals surface area contributed by atoms with Crippen molar-refractivity contribution in [1.82, 2.24) is 9.38 Å². The van der Waals surface area contributed by atoms with Gasteiger partial charge in [-0.1, -0.05) is 61.6 Å². The fourth-order valence-electron chi connectivity index (χ4n) is 2.76. The topological polar surface area (TPSA) is 34.4 Å². The second-order valence-corrected chi connectivity index (χ2v) is 6.95. The molecule has 0 fully saturated rings. The van der Waals surface area contributed by atoms with Crippen LogP contribution in [0.15, 0.2) is 59.4 Å². The summed E-state index contributed by atoms with van der Waals surface area (Å²) in [5.74, 6) is 0.503. The van der Waals surface area contributed by atoms with Crippen LogP contribution >= 0.6 is 11.3 Å². The van der Waals surface area contributed by atoms with Crippen LogP contribution in [-0.4, -0.2) is 9.38 Å². The monoisotopic (exact) mass is 320 g/mol. The van der Waals surface area contributed by atoms with Crippen molar-refractivity contribution in [3.05, 3.63) is 70.5 Å². The number of rotatable bonds is 2. The average molecular weight is 320 g/mol. The molecular weight excluding hydrogens is 304 g/mol. The summed E-state index contributed by atoms with van der Waals surface area (Å²) in [5.41, 5.74) is 4.05. The Morgan fingerprint density at radius 1 is 1.04 bits per heavy atom. The third kappa shape index (κ3) is 2.35. The van der Waals surface area contributed by atoms with Gasteiger partial charge in [-0.3, -0.25) is 9.20 Å². The number of fused-ring (bicyclic) bond motifs is 3. The highest BCUT2D eigenvalue weighted by Crippen LogP contribution is 2.28. The first kappa shape index (κ1) is 14.2. The molecule has 2 heterocycles. The Morgan fingerprint density at radius 2 is 1.78 bits per heavy atom. The van der Waals surface area contributed by atoms with Crippen molar-refractivity contribution in [3.63, 3.8) is 0 Å². The van der Waals surface area contributed by atoms with Crippen molar-refractivity contribution in [1.29, 1.82) is 0 Å².